The van der Waals surface area contributed by atoms with Crippen molar-refractivity contribution < 1.29 is 23.5 Å². The topological polar surface area (TPSA) is 84.5 Å². The molecule has 1 saturated heterocycles. The molecule has 27 heavy (non-hydrogen) atoms. The van der Waals surface area contributed by atoms with E-state index in [1.54, 1.807) is 30.3 Å². The predicted molar refractivity (Wildman–Crippen MR) is 96.4 cm³/mol. The van der Waals surface area contributed by atoms with Gasteiger partial charge in [0.05, 0.1) is 13.5 Å². The molecular formula is C20H19FN2O4. The highest BCUT2D eigenvalue weighted by atomic mass is 19.1. The van der Waals surface area contributed by atoms with Crippen LogP contribution in [0.3, 0.4) is 0 Å². The van der Waals surface area contributed by atoms with Crippen LogP contribution >= 0.6 is 0 Å². The van der Waals surface area contributed by atoms with Crippen LogP contribution in [0.4, 0.5) is 4.39 Å². The number of esters is 1. The molecule has 0 aliphatic carbocycles. The summed E-state index contributed by atoms with van der Waals surface area (Å²) >= 11 is 0. The van der Waals surface area contributed by atoms with Crippen LogP contribution in [0.2, 0.25) is 0 Å². The summed E-state index contributed by atoms with van der Waals surface area (Å²) < 4.78 is 18.8. The molecule has 2 amide bonds. The van der Waals surface area contributed by atoms with E-state index in [1.165, 1.54) is 19.2 Å². The largest absolute Gasteiger partial charge is 0.469 e. The summed E-state index contributed by atoms with van der Waals surface area (Å²) in [6, 6.07) is 10.3. The summed E-state index contributed by atoms with van der Waals surface area (Å²) in [4.78, 5) is 35.2. The molecule has 2 aromatic rings. The Balaban J connectivity index is 1.76. The van der Waals surface area contributed by atoms with Crippen LogP contribution in [0.5, 0.6) is 0 Å². The maximum atomic E-state index is 14.2. The molecule has 1 aliphatic rings. The zero-order valence-electron chi connectivity index (χ0n) is 14.8. The van der Waals surface area contributed by atoms with Gasteiger partial charge in [0.2, 0.25) is 5.91 Å². The SMILES string of the molecule is COC(=O)Cc1ccc(F)c(-c2ccc(C(=O)N[C@H]3CCNC3=O)cc2)c1. The fourth-order valence-electron chi connectivity index (χ4n) is 2.92. The van der Waals surface area contributed by atoms with Gasteiger partial charge in [0, 0.05) is 17.7 Å². The molecule has 0 unspecified atom stereocenters. The van der Waals surface area contributed by atoms with E-state index in [9.17, 15) is 18.8 Å². The molecule has 0 radical (unpaired) electrons. The predicted octanol–water partition coefficient (Wildman–Crippen LogP) is 1.83. The number of hydrogen-bond donors (Lipinski definition) is 2. The van der Waals surface area contributed by atoms with Crippen molar-refractivity contribution in [2.24, 2.45) is 0 Å². The number of hydrogen-bond acceptors (Lipinski definition) is 4. The van der Waals surface area contributed by atoms with Crippen LogP contribution in [-0.2, 0) is 20.7 Å². The first kappa shape index (κ1) is 18.6. The molecule has 1 atom stereocenters. The van der Waals surface area contributed by atoms with Gasteiger partial charge in [-0.3, -0.25) is 14.4 Å². The van der Waals surface area contributed by atoms with Crippen LogP contribution in [0.15, 0.2) is 42.5 Å². The lowest BCUT2D eigenvalue weighted by atomic mass is 9.99. The molecule has 0 spiro atoms. The second kappa shape index (κ2) is 7.99. The van der Waals surface area contributed by atoms with Gasteiger partial charge in [0.1, 0.15) is 11.9 Å². The van der Waals surface area contributed by atoms with E-state index >= 15 is 0 Å². The van der Waals surface area contributed by atoms with Crippen molar-refractivity contribution in [2.45, 2.75) is 18.9 Å². The number of benzene rings is 2. The summed E-state index contributed by atoms with van der Waals surface area (Å²) in [7, 11) is 1.30. The summed E-state index contributed by atoms with van der Waals surface area (Å²) in [6.07, 6.45) is 0.606. The van der Waals surface area contributed by atoms with Crippen molar-refractivity contribution in [1.82, 2.24) is 10.6 Å². The fourth-order valence-corrected chi connectivity index (χ4v) is 2.92. The zero-order valence-corrected chi connectivity index (χ0v) is 14.8. The first-order valence-corrected chi connectivity index (χ1v) is 8.52. The van der Waals surface area contributed by atoms with Gasteiger partial charge in [0.15, 0.2) is 0 Å². The Morgan fingerprint density at radius 1 is 1.22 bits per heavy atom. The van der Waals surface area contributed by atoms with Gasteiger partial charge in [-0.25, -0.2) is 4.39 Å². The van der Waals surface area contributed by atoms with E-state index in [0.29, 0.717) is 35.2 Å². The highest BCUT2D eigenvalue weighted by Gasteiger charge is 2.25. The minimum absolute atomic E-state index is 0.0493. The molecule has 7 heteroatoms. The van der Waals surface area contributed by atoms with E-state index < -0.39 is 17.8 Å². The summed E-state index contributed by atoms with van der Waals surface area (Å²) in [5, 5.41) is 5.33. The normalized spacial score (nSPS) is 15.9. The third-order valence-electron chi connectivity index (χ3n) is 4.42. The lowest BCUT2D eigenvalue weighted by Crippen LogP contribution is -2.40. The Morgan fingerprint density at radius 3 is 2.59 bits per heavy atom. The van der Waals surface area contributed by atoms with Crippen molar-refractivity contribution in [2.75, 3.05) is 13.7 Å². The standard InChI is InChI=1S/C20H19FN2O4/c1-27-18(24)11-12-2-7-16(21)15(10-12)13-3-5-14(6-4-13)19(25)23-17-8-9-22-20(17)26/h2-7,10,17H,8-9,11H2,1H3,(H,22,26)(H,23,25)/t17-/m0/s1. The number of ether oxygens (including phenoxy) is 1. The van der Waals surface area contributed by atoms with Crippen molar-refractivity contribution in [3.63, 3.8) is 0 Å². The molecule has 6 nitrogen and oxygen atoms in total. The number of halogens is 1. The van der Waals surface area contributed by atoms with Gasteiger partial charge in [-0.05, 0) is 41.8 Å². The van der Waals surface area contributed by atoms with Crippen LogP contribution in [0.25, 0.3) is 11.1 Å². The quantitative estimate of drug-likeness (QED) is 0.787. The highest BCUT2D eigenvalue weighted by Crippen LogP contribution is 2.25. The molecule has 2 N–H and O–H groups in total. The lowest BCUT2D eigenvalue weighted by molar-refractivity contribution is -0.139. The Bertz CT molecular complexity index is 880. The van der Waals surface area contributed by atoms with Crippen LogP contribution in [-0.4, -0.2) is 37.5 Å². The molecule has 3 rings (SSSR count). The Morgan fingerprint density at radius 2 is 1.96 bits per heavy atom. The van der Waals surface area contributed by atoms with Crippen molar-refractivity contribution >= 4 is 17.8 Å². The van der Waals surface area contributed by atoms with Crippen molar-refractivity contribution in [1.29, 1.82) is 0 Å². The second-order valence-corrected chi connectivity index (χ2v) is 6.25. The van der Waals surface area contributed by atoms with Crippen LogP contribution in [0, 0.1) is 5.82 Å². The summed E-state index contributed by atoms with van der Waals surface area (Å²) in [6.45, 7) is 0.546. The maximum absolute atomic E-state index is 14.2. The first-order valence-electron chi connectivity index (χ1n) is 8.52. The van der Waals surface area contributed by atoms with Crippen molar-refractivity contribution in [3.8, 4) is 11.1 Å². The molecule has 0 bridgehead atoms. The third-order valence-corrected chi connectivity index (χ3v) is 4.42. The van der Waals surface area contributed by atoms with Gasteiger partial charge >= 0.3 is 5.97 Å². The second-order valence-electron chi connectivity index (χ2n) is 6.25. The molecule has 140 valence electrons. The van der Waals surface area contributed by atoms with E-state index in [4.69, 9.17) is 0 Å². The van der Waals surface area contributed by atoms with Gasteiger partial charge in [0.25, 0.3) is 5.91 Å². The average molecular weight is 370 g/mol. The number of carbonyl (C=O) groups excluding carboxylic acids is 3. The van der Waals surface area contributed by atoms with Gasteiger partial charge in [-0.15, -0.1) is 0 Å². The smallest absolute Gasteiger partial charge is 0.309 e. The number of methoxy groups -OCH3 is 1. The summed E-state index contributed by atoms with van der Waals surface area (Å²) in [5.74, 6) is -1.38. The van der Waals surface area contributed by atoms with Gasteiger partial charge in [-0.1, -0.05) is 18.2 Å². The monoisotopic (exact) mass is 370 g/mol. The molecule has 0 aromatic heterocycles. The van der Waals surface area contributed by atoms with E-state index in [-0.39, 0.29) is 18.2 Å². The third kappa shape index (κ3) is 4.31. The number of rotatable bonds is 5. The minimum Gasteiger partial charge on any atom is -0.469 e. The van der Waals surface area contributed by atoms with Crippen LogP contribution in [0.1, 0.15) is 22.3 Å². The van der Waals surface area contributed by atoms with E-state index in [1.807, 2.05) is 0 Å². The van der Waals surface area contributed by atoms with Crippen LogP contribution < -0.4 is 10.6 Å². The molecular weight excluding hydrogens is 351 g/mol. The van der Waals surface area contributed by atoms with E-state index in [2.05, 4.69) is 15.4 Å². The molecule has 0 saturated carbocycles. The molecule has 1 aliphatic heterocycles. The Kier molecular flexibility index (Phi) is 5.49. The molecule has 2 aromatic carbocycles. The average Bonchev–Trinajstić information content (AvgIpc) is 3.08. The molecule has 1 heterocycles. The van der Waals surface area contributed by atoms with E-state index in [0.717, 1.165) is 0 Å². The van der Waals surface area contributed by atoms with Crippen molar-refractivity contribution in [3.05, 3.63) is 59.4 Å². The maximum Gasteiger partial charge on any atom is 0.309 e. The lowest BCUT2D eigenvalue weighted by Gasteiger charge is -2.11. The van der Waals surface area contributed by atoms with Gasteiger partial charge < -0.3 is 15.4 Å². The van der Waals surface area contributed by atoms with Gasteiger partial charge in [-0.2, -0.15) is 0 Å². The molecule has 1 fully saturated rings. The first-order chi connectivity index (χ1) is 13.0. The minimum atomic E-state index is -0.523. The highest BCUT2D eigenvalue weighted by molar-refractivity contribution is 5.98. The Hall–Kier alpha value is -3.22. The number of amides is 2. The number of nitrogens with one attached hydrogen (secondary N) is 2. The fraction of sp³-hybridized carbons (Fsp3) is 0.250. The summed E-state index contributed by atoms with van der Waals surface area (Å²) in [5.41, 5.74) is 1.92. The Labute approximate surface area is 155 Å². The zero-order chi connectivity index (χ0) is 19.4. The number of carbonyl (C=O) groups is 3.